The van der Waals surface area contributed by atoms with Crippen LogP contribution in [0.1, 0.15) is 37.8 Å². The molecule has 0 amide bonds. The van der Waals surface area contributed by atoms with Crippen molar-refractivity contribution in [3.63, 3.8) is 0 Å². The smallest absolute Gasteiger partial charge is 0.125 e. The van der Waals surface area contributed by atoms with Crippen LogP contribution < -0.4 is 10.1 Å². The third kappa shape index (κ3) is 3.27. The minimum absolute atomic E-state index is 0.351. The molecule has 0 bridgehead atoms. The molecule has 1 saturated heterocycles. The highest BCUT2D eigenvalue weighted by molar-refractivity contribution is 9.10. The van der Waals surface area contributed by atoms with Crippen molar-refractivity contribution < 1.29 is 4.74 Å². The van der Waals surface area contributed by atoms with E-state index < -0.39 is 0 Å². The molecule has 2 aliphatic heterocycles. The van der Waals surface area contributed by atoms with Crippen LogP contribution in [0.5, 0.6) is 5.75 Å². The molecule has 0 radical (unpaired) electrons. The molecule has 4 heteroatoms. The largest absolute Gasteiger partial charge is 0.493 e. The number of benzene rings is 1. The topological polar surface area (TPSA) is 21.3 Å². The predicted octanol–water partition coefficient (Wildman–Crippen LogP) is 4.19. The number of likely N-dealkylation sites (N-methyl/N-ethyl adjacent to an activating group) is 1. The second-order valence-electron chi connectivity index (χ2n) is 6.23. The lowest BCUT2D eigenvalue weighted by Gasteiger charge is -2.34. The van der Waals surface area contributed by atoms with Crippen molar-refractivity contribution in [2.24, 2.45) is 0 Å². The molecule has 21 heavy (non-hydrogen) atoms. The van der Waals surface area contributed by atoms with Crippen LogP contribution in [-0.2, 0) is 12.8 Å². The molecule has 2 heterocycles. The molecular formula is C17H24BrNOS. The van der Waals surface area contributed by atoms with Crippen LogP contribution in [0.4, 0.5) is 0 Å². The molecule has 3 rings (SSSR count). The lowest BCUT2D eigenvalue weighted by atomic mass is 9.90. The Morgan fingerprint density at radius 2 is 2.33 bits per heavy atom. The van der Waals surface area contributed by atoms with Crippen molar-refractivity contribution >= 4 is 27.7 Å². The van der Waals surface area contributed by atoms with E-state index in [1.165, 1.54) is 34.2 Å². The molecule has 0 spiro atoms. The fraction of sp³-hybridized carbons (Fsp3) is 0.647. The molecule has 0 aromatic heterocycles. The van der Waals surface area contributed by atoms with Gasteiger partial charge in [-0.15, -0.1) is 0 Å². The summed E-state index contributed by atoms with van der Waals surface area (Å²) in [5.74, 6) is 2.44. The summed E-state index contributed by atoms with van der Waals surface area (Å²) in [6.07, 6.45) is 4.75. The van der Waals surface area contributed by atoms with Crippen LogP contribution in [0.2, 0.25) is 0 Å². The number of hydrogen-bond acceptors (Lipinski definition) is 3. The quantitative estimate of drug-likeness (QED) is 0.840. The Labute approximate surface area is 140 Å². The zero-order chi connectivity index (χ0) is 14.9. The van der Waals surface area contributed by atoms with Crippen LogP contribution in [-0.4, -0.2) is 29.7 Å². The van der Waals surface area contributed by atoms with Gasteiger partial charge in [-0.05, 0) is 61.7 Å². The Morgan fingerprint density at radius 3 is 3.05 bits per heavy atom. The Bertz CT molecular complexity index is 514. The molecule has 116 valence electrons. The van der Waals surface area contributed by atoms with Crippen LogP contribution >= 0.6 is 27.7 Å². The van der Waals surface area contributed by atoms with Gasteiger partial charge in [0.1, 0.15) is 5.75 Å². The summed E-state index contributed by atoms with van der Waals surface area (Å²) in [5, 5.41) is 3.73. The first-order valence-electron chi connectivity index (χ1n) is 7.94. The molecule has 2 atom stereocenters. The Balaban J connectivity index is 1.86. The number of nitrogens with one attached hydrogen (secondary N) is 1. The monoisotopic (exact) mass is 369 g/mol. The molecule has 0 aliphatic carbocycles. The van der Waals surface area contributed by atoms with Gasteiger partial charge < -0.3 is 10.1 Å². The third-order valence-corrected chi connectivity index (χ3v) is 6.79. The zero-order valence-corrected chi connectivity index (χ0v) is 15.3. The number of halogens is 1. The number of hydrogen-bond donors (Lipinski definition) is 1. The van der Waals surface area contributed by atoms with Crippen LogP contribution in [0, 0.1) is 0 Å². The van der Waals surface area contributed by atoms with E-state index in [9.17, 15) is 0 Å². The summed E-state index contributed by atoms with van der Waals surface area (Å²) < 4.78 is 7.44. The number of ether oxygens (including phenoxy) is 1. The summed E-state index contributed by atoms with van der Waals surface area (Å²) in [6, 6.07) is 4.97. The maximum Gasteiger partial charge on any atom is 0.125 e. The molecule has 0 saturated carbocycles. The Morgan fingerprint density at radius 1 is 1.48 bits per heavy atom. The first-order valence-corrected chi connectivity index (χ1v) is 9.71. The fourth-order valence-corrected chi connectivity index (χ4v) is 5.51. The average molecular weight is 370 g/mol. The van der Waals surface area contributed by atoms with Gasteiger partial charge in [0.25, 0.3) is 0 Å². The lowest BCUT2D eigenvalue weighted by molar-refractivity contribution is 0.347. The second kappa shape index (κ2) is 6.51. The summed E-state index contributed by atoms with van der Waals surface area (Å²) in [7, 11) is 0. The van der Waals surface area contributed by atoms with E-state index in [2.05, 4.69) is 59.0 Å². The third-order valence-electron chi connectivity index (χ3n) is 4.69. The minimum Gasteiger partial charge on any atom is -0.493 e. The lowest BCUT2D eigenvalue weighted by Crippen LogP contribution is -2.46. The van der Waals surface area contributed by atoms with E-state index in [0.29, 0.717) is 10.8 Å². The first kappa shape index (κ1) is 15.7. The fourth-order valence-electron chi connectivity index (χ4n) is 3.54. The van der Waals surface area contributed by atoms with E-state index in [1.54, 1.807) is 0 Å². The van der Waals surface area contributed by atoms with E-state index in [4.69, 9.17) is 4.74 Å². The van der Waals surface area contributed by atoms with Crippen molar-refractivity contribution in [2.45, 2.75) is 50.3 Å². The van der Waals surface area contributed by atoms with Gasteiger partial charge in [-0.1, -0.05) is 22.9 Å². The molecule has 1 N–H and O–H groups in total. The SMILES string of the molecule is CCNC(Cc1cc(Br)cc2c1OCC2)C1(C)CCCS1. The van der Waals surface area contributed by atoms with Gasteiger partial charge in [0.15, 0.2) is 0 Å². The van der Waals surface area contributed by atoms with E-state index in [1.807, 2.05) is 0 Å². The van der Waals surface area contributed by atoms with Crippen molar-refractivity contribution in [1.82, 2.24) is 5.32 Å². The van der Waals surface area contributed by atoms with Gasteiger partial charge in [-0.3, -0.25) is 0 Å². The van der Waals surface area contributed by atoms with Gasteiger partial charge in [0.2, 0.25) is 0 Å². The highest BCUT2D eigenvalue weighted by Gasteiger charge is 2.38. The van der Waals surface area contributed by atoms with Crippen LogP contribution in [0.25, 0.3) is 0 Å². The van der Waals surface area contributed by atoms with Crippen molar-refractivity contribution in [2.75, 3.05) is 18.9 Å². The maximum absolute atomic E-state index is 5.90. The number of thioether (sulfide) groups is 1. The number of rotatable bonds is 5. The van der Waals surface area contributed by atoms with Crippen LogP contribution in [0.15, 0.2) is 16.6 Å². The van der Waals surface area contributed by atoms with E-state index >= 15 is 0 Å². The van der Waals surface area contributed by atoms with E-state index in [0.717, 1.165) is 31.7 Å². The predicted molar refractivity (Wildman–Crippen MR) is 94.6 cm³/mol. The summed E-state index contributed by atoms with van der Waals surface area (Å²) in [4.78, 5) is 0. The van der Waals surface area contributed by atoms with Gasteiger partial charge in [0, 0.05) is 21.7 Å². The van der Waals surface area contributed by atoms with E-state index in [-0.39, 0.29) is 0 Å². The summed E-state index contributed by atoms with van der Waals surface area (Å²) >= 11 is 5.79. The van der Waals surface area contributed by atoms with Crippen LogP contribution in [0.3, 0.4) is 0 Å². The Hall–Kier alpha value is -0.190. The molecule has 2 unspecified atom stereocenters. The zero-order valence-electron chi connectivity index (χ0n) is 12.9. The highest BCUT2D eigenvalue weighted by atomic mass is 79.9. The van der Waals surface area contributed by atoms with Gasteiger partial charge in [-0.25, -0.2) is 0 Å². The van der Waals surface area contributed by atoms with Gasteiger partial charge in [0.05, 0.1) is 6.61 Å². The minimum atomic E-state index is 0.351. The van der Waals surface area contributed by atoms with Crippen molar-refractivity contribution in [3.05, 3.63) is 27.7 Å². The molecule has 2 nitrogen and oxygen atoms in total. The molecule has 1 aromatic carbocycles. The van der Waals surface area contributed by atoms with Crippen molar-refractivity contribution in [1.29, 1.82) is 0 Å². The highest BCUT2D eigenvalue weighted by Crippen LogP contribution is 2.43. The van der Waals surface area contributed by atoms with Gasteiger partial charge >= 0.3 is 0 Å². The molecule has 1 fully saturated rings. The first-order chi connectivity index (χ1) is 10.1. The standard InChI is InChI=1S/C17H24BrNOS/c1-3-19-15(17(2)6-4-8-21-17)11-13-10-14(18)9-12-5-7-20-16(12)13/h9-10,15,19H,3-8,11H2,1-2H3. The molecule has 1 aromatic rings. The average Bonchev–Trinajstić information content (AvgIpc) is 3.07. The Kier molecular flexibility index (Phi) is 4.87. The normalized spacial score (nSPS) is 25.7. The number of fused-ring (bicyclic) bond motifs is 1. The molecular weight excluding hydrogens is 346 g/mol. The molecule has 2 aliphatic rings. The van der Waals surface area contributed by atoms with Crippen molar-refractivity contribution in [3.8, 4) is 5.75 Å². The summed E-state index contributed by atoms with van der Waals surface area (Å²) in [5.41, 5.74) is 2.72. The second-order valence-corrected chi connectivity index (χ2v) is 8.78. The maximum atomic E-state index is 5.90. The summed E-state index contributed by atoms with van der Waals surface area (Å²) in [6.45, 7) is 6.49. The van der Waals surface area contributed by atoms with Gasteiger partial charge in [-0.2, -0.15) is 11.8 Å².